The topological polar surface area (TPSA) is 66.4 Å². The molecule has 0 heterocycles. The Morgan fingerprint density at radius 1 is 1.14 bits per heavy atom. The zero-order chi connectivity index (χ0) is 14.9. The lowest BCUT2D eigenvalue weighted by molar-refractivity contribution is 0.265. The summed E-state index contributed by atoms with van der Waals surface area (Å²) in [6.07, 6.45) is 2.54. The molecule has 2 N–H and O–H groups in total. The van der Waals surface area contributed by atoms with Crippen molar-refractivity contribution in [1.29, 1.82) is 0 Å². The first-order valence-corrected chi connectivity index (χ1v) is 8.70. The summed E-state index contributed by atoms with van der Waals surface area (Å²) < 4.78 is 27.8. The molecule has 0 amide bonds. The van der Waals surface area contributed by atoms with Crippen LogP contribution in [0.25, 0.3) is 10.8 Å². The molecular weight excluding hydrogens is 286 g/mol. The molecule has 0 spiro atoms. The SMILES string of the molecule is O=S(=O)(NC(CCO)C1CC1)c1ccc2ccccc2c1. The summed E-state index contributed by atoms with van der Waals surface area (Å²) in [5.41, 5.74) is 0. The molecule has 0 radical (unpaired) electrons. The third kappa shape index (κ3) is 3.26. The molecule has 1 fully saturated rings. The van der Waals surface area contributed by atoms with Crippen LogP contribution in [0, 0.1) is 5.92 Å². The van der Waals surface area contributed by atoms with Gasteiger partial charge in [-0.2, -0.15) is 0 Å². The second-order valence-corrected chi connectivity index (χ2v) is 7.30. The zero-order valence-corrected chi connectivity index (χ0v) is 12.5. The van der Waals surface area contributed by atoms with Gasteiger partial charge < -0.3 is 5.11 Å². The summed E-state index contributed by atoms with van der Waals surface area (Å²) >= 11 is 0. The lowest BCUT2D eigenvalue weighted by Gasteiger charge is -2.17. The number of benzene rings is 2. The summed E-state index contributed by atoms with van der Waals surface area (Å²) in [6.45, 7) is 0.00140. The maximum absolute atomic E-state index is 12.5. The quantitative estimate of drug-likeness (QED) is 0.860. The predicted molar refractivity (Wildman–Crippen MR) is 82.5 cm³/mol. The van der Waals surface area contributed by atoms with Gasteiger partial charge in [-0.1, -0.05) is 30.3 Å². The third-order valence-corrected chi connectivity index (χ3v) is 5.46. The highest BCUT2D eigenvalue weighted by atomic mass is 32.2. The Labute approximate surface area is 124 Å². The van der Waals surface area contributed by atoms with Crippen molar-refractivity contribution in [3.63, 3.8) is 0 Å². The molecule has 112 valence electrons. The van der Waals surface area contributed by atoms with Crippen molar-refractivity contribution in [2.45, 2.75) is 30.2 Å². The van der Waals surface area contributed by atoms with E-state index in [1.807, 2.05) is 30.3 Å². The Morgan fingerprint density at radius 3 is 2.52 bits per heavy atom. The first-order chi connectivity index (χ1) is 10.1. The van der Waals surface area contributed by atoms with E-state index in [0.717, 1.165) is 23.6 Å². The molecule has 4 nitrogen and oxygen atoms in total. The normalized spacial score (nSPS) is 17.0. The second-order valence-electron chi connectivity index (χ2n) is 5.59. The molecule has 0 bridgehead atoms. The number of fused-ring (bicyclic) bond motifs is 1. The Kier molecular flexibility index (Phi) is 3.97. The van der Waals surface area contributed by atoms with Gasteiger partial charge in [0.1, 0.15) is 0 Å². The van der Waals surface area contributed by atoms with Gasteiger partial charge in [0.2, 0.25) is 10.0 Å². The average Bonchev–Trinajstić information content (AvgIpc) is 3.31. The fourth-order valence-electron chi connectivity index (χ4n) is 2.63. The van der Waals surface area contributed by atoms with Gasteiger partial charge >= 0.3 is 0 Å². The first-order valence-electron chi connectivity index (χ1n) is 7.22. The third-order valence-electron chi connectivity index (χ3n) is 3.97. The molecule has 1 atom stereocenters. The maximum atomic E-state index is 12.5. The van der Waals surface area contributed by atoms with Gasteiger partial charge in [0.15, 0.2) is 0 Å². The maximum Gasteiger partial charge on any atom is 0.240 e. The molecule has 1 aliphatic rings. The lowest BCUT2D eigenvalue weighted by atomic mass is 10.1. The van der Waals surface area contributed by atoms with Gasteiger partial charge in [-0.05, 0) is 48.1 Å². The van der Waals surface area contributed by atoms with Crippen LogP contribution in [0.3, 0.4) is 0 Å². The Balaban J connectivity index is 1.88. The van der Waals surface area contributed by atoms with Crippen molar-refractivity contribution in [2.75, 3.05) is 6.61 Å². The Hall–Kier alpha value is -1.43. The van der Waals surface area contributed by atoms with E-state index in [-0.39, 0.29) is 17.5 Å². The summed E-state index contributed by atoms with van der Waals surface area (Å²) in [5, 5.41) is 11.0. The zero-order valence-electron chi connectivity index (χ0n) is 11.7. The van der Waals surface area contributed by atoms with Crippen LogP contribution in [-0.4, -0.2) is 26.2 Å². The molecule has 1 aliphatic carbocycles. The number of aliphatic hydroxyl groups is 1. The highest BCUT2D eigenvalue weighted by Crippen LogP contribution is 2.34. The molecule has 0 aromatic heterocycles. The van der Waals surface area contributed by atoms with Crippen molar-refractivity contribution in [2.24, 2.45) is 5.92 Å². The van der Waals surface area contributed by atoms with Gasteiger partial charge in [-0.25, -0.2) is 13.1 Å². The van der Waals surface area contributed by atoms with Crippen LogP contribution in [0.1, 0.15) is 19.3 Å². The molecule has 3 rings (SSSR count). The van der Waals surface area contributed by atoms with Gasteiger partial charge in [-0.3, -0.25) is 0 Å². The van der Waals surface area contributed by atoms with Crippen LogP contribution in [-0.2, 0) is 10.0 Å². The molecule has 2 aromatic rings. The van der Waals surface area contributed by atoms with Crippen LogP contribution in [0.4, 0.5) is 0 Å². The number of aliphatic hydroxyl groups excluding tert-OH is 1. The van der Waals surface area contributed by atoms with E-state index >= 15 is 0 Å². The molecule has 5 heteroatoms. The Bertz CT molecular complexity index is 738. The van der Waals surface area contributed by atoms with Crippen LogP contribution in [0.2, 0.25) is 0 Å². The molecule has 0 aliphatic heterocycles. The van der Waals surface area contributed by atoms with E-state index in [1.165, 1.54) is 0 Å². The van der Waals surface area contributed by atoms with Crippen molar-refractivity contribution in [3.8, 4) is 0 Å². The van der Waals surface area contributed by atoms with Crippen molar-refractivity contribution in [1.82, 2.24) is 4.72 Å². The second kappa shape index (κ2) is 5.75. The number of hydrogen-bond acceptors (Lipinski definition) is 3. The molecule has 1 unspecified atom stereocenters. The van der Waals surface area contributed by atoms with Crippen LogP contribution < -0.4 is 4.72 Å². The number of sulfonamides is 1. The summed E-state index contributed by atoms with van der Waals surface area (Å²) in [5.74, 6) is 0.368. The minimum absolute atomic E-state index is 0.00140. The molecule has 21 heavy (non-hydrogen) atoms. The minimum atomic E-state index is -3.54. The summed E-state index contributed by atoms with van der Waals surface area (Å²) in [4.78, 5) is 0.282. The molecule has 2 aromatic carbocycles. The molecule has 1 saturated carbocycles. The summed E-state index contributed by atoms with van der Waals surface area (Å²) in [6, 6.07) is 12.7. The highest BCUT2D eigenvalue weighted by Gasteiger charge is 2.33. The average molecular weight is 305 g/mol. The largest absolute Gasteiger partial charge is 0.396 e. The van der Waals surface area contributed by atoms with Crippen molar-refractivity contribution >= 4 is 20.8 Å². The number of hydrogen-bond donors (Lipinski definition) is 2. The summed E-state index contributed by atoms with van der Waals surface area (Å²) in [7, 11) is -3.54. The minimum Gasteiger partial charge on any atom is -0.396 e. The number of nitrogens with one attached hydrogen (secondary N) is 1. The standard InChI is InChI=1S/C16H19NO3S/c18-10-9-16(13-5-6-13)17-21(19,20)15-8-7-12-3-1-2-4-14(12)11-15/h1-4,7-8,11,13,16-18H,5-6,9-10H2. The van der Waals surface area contributed by atoms with Crippen LogP contribution in [0.5, 0.6) is 0 Å². The van der Waals surface area contributed by atoms with Gasteiger partial charge in [0, 0.05) is 12.6 Å². The highest BCUT2D eigenvalue weighted by molar-refractivity contribution is 7.89. The predicted octanol–water partition coefficient (Wildman–Crippen LogP) is 2.28. The van der Waals surface area contributed by atoms with Crippen LogP contribution >= 0.6 is 0 Å². The fourth-order valence-corrected chi connectivity index (χ4v) is 4.00. The van der Waals surface area contributed by atoms with E-state index < -0.39 is 10.0 Å². The van der Waals surface area contributed by atoms with Gasteiger partial charge in [0.25, 0.3) is 0 Å². The van der Waals surface area contributed by atoms with E-state index in [1.54, 1.807) is 12.1 Å². The van der Waals surface area contributed by atoms with E-state index in [2.05, 4.69) is 4.72 Å². The lowest BCUT2D eigenvalue weighted by Crippen LogP contribution is -2.37. The fraction of sp³-hybridized carbons (Fsp3) is 0.375. The smallest absolute Gasteiger partial charge is 0.240 e. The van der Waals surface area contributed by atoms with Crippen molar-refractivity contribution in [3.05, 3.63) is 42.5 Å². The molecular formula is C16H19NO3S. The van der Waals surface area contributed by atoms with Gasteiger partial charge in [0.05, 0.1) is 4.90 Å². The van der Waals surface area contributed by atoms with E-state index in [4.69, 9.17) is 5.11 Å². The van der Waals surface area contributed by atoms with E-state index in [9.17, 15) is 8.42 Å². The monoisotopic (exact) mass is 305 g/mol. The first kappa shape index (κ1) is 14.5. The van der Waals surface area contributed by atoms with Crippen LogP contribution in [0.15, 0.2) is 47.4 Å². The molecule has 0 saturated heterocycles. The number of rotatable bonds is 6. The Morgan fingerprint density at radius 2 is 1.86 bits per heavy atom. The van der Waals surface area contributed by atoms with E-state index in [0.29, 0.717) is 12.3 Å². The van der Waals surface area contributed by atoms with Gasteiger partial charge in [-0.15, -0.1) is 0 Å². The van der Waals surface area contributed by atoms with Crippen molar-refractivity contribution < 1.29 is 13.5 Å².